The van der Waals surface area contributed by atoms with E-state index in [0.717, 1.165) is 12.5 Å². The van der Waals surface area contributed by atoms with Gasteiger partial charge in [0.1, 0.15) is 6.54 Å². The smallest absolute Gasteiger partial charge is 0.198 e. The predicted molar refractivity (Wildman–Crippen MR) is 68.3 cm³/mol. The summed E-state index contributed by atoms with van der Waals surface area (Å²) in [5.41, 5.74) is 2.71. The molecule has 1 nitrogen and oxygen atoms in total. The van der Waals surface area contributed by atoms with Crippen molar-refractivity contribution in [2.45, 2.75) is 33.7 Å². The van der Waals surface area contributed by atoms with Gasteiger partial charge in [-0.1, -0.05) is 26.0 Å². The second kappa shape index (κ2) is 4.65. The molecule has 0 bridgehead atoms. The van der Waals surface area contributed by atoms with Crippen LogP contribution >= 0.6 is 0 Å². The summed E-state index contributed by atoms with van der Waals surface area (Å²) in [5, 5.41) is 1.37. The van der Waals surface area contributed by atoms with Crippen molar-refractivity contribution < 1.29 is 4.57 Å². The van der Waals surface area contributed by atoms with Gasteiger partial charge in [-0.2, -0.15) is 4.57 Å². The lowest BCUT2D eigenvalue weighted by Gasteiger charge is -2.05. The van der Waals surface area contributed by atoms with Gasteiger partial charge in [-0.05, 0) is 24.5 Å². The highest BCUT2D eigenvalue weighted by molar-refractivity contribution is 5.78. The summed E-state index contributed by atoms with van der Waals surface area (Å²) < 4.78 is 2.36. The molecule has 0 unspecified atom stereocenters. The monoisotopic (exact) mass is 214 g/mol. The molecule has 84 valence electrons. The number of benzene rings is 1. The maximum atomic E-state index is 2.36. The number of aromatic nitrogens is 1. The van der Waals surface area contributed by atoms with Crippen molar-refractivity contribution in [3.05, 3.63) is 42.1 Å². The third-order valence-corrected chi connectivity index (χ3v) is 3.09. The van der Waals surface area contributed by atoms with Crippen LogP contribution in [0.4, 0.5) is 0 Å². The molecule has 16 heavy (non-hydrogen) atoms. The molecular formula is C15H20N+. The van der Waals surface area contributed by atoms with E-state index in [4.69, 9.17) is 0 Å². The van der Waals surface area contributed by atoms with Crippen molar-refractivity contribution >= 4 is 10.9 Å². The van der Waals surface area contributed by atoms with Crippen molar-refractivity contribution in [2.75, 3.05) is 0 Å². The normalized spacial score (nSPS) is 11.2. The van der Waals surface area contributed by atoms with Crippen LogP contribution in [0, 0.1) is 12.8 Å². The molecule has 0 fully saturated rings. The summed E-state index contributed by atoms with van der Waals surface area (Å²) in [5.74, 6) is 0.757. The number of nitrogens with zero attached hydrogens (tertiary/aromatic N) is 1. The molecule has 0 amide bonds. The molecule has 0 spiro atoms. The maximum absolute atomic E-state index is 2.36. The lowest BCUT2D eigenvalue weighted by atomic mass is 10.1. The van der Waals surface area contributed by atoms with E-state index in [1.165, 1.54) is 22.9 Å². The number of pyridine rings is 1. The Bertz CT molecular complexity index is 486. The Kier molecular flexibility index (Phi) is 3.23. The third kappa shape index (κ3) is 2.24. The second-order valence-electron chi connectivity index (χ2n) is 4.89. The van der Waals surface area contributed by atoms with E-state index in [1.54, 1.807) is 0 Å². The Balaban J connectivity index is 2.42. The lowest BCUT2D eigenvalue weighted by molar-refractivity contribution is -0.672. The van der Waals surface area contributed by atoms with E-state index in [0.29, 0.717) is 0 Å². The first kappa shape index (κ1) is 11.1. The van der Waals surface area contributed by atoms with Crippen LogP contribution in [0.1, 0.15) is 25.8 Å². The van der Waals surface area contributed by atoms with Crippen LogP contribution in [0.15, 0.2) is 36.5 Å². The van der Waals surface area contributed by atoms with Crippen LogP contribution in [0.5, 0.6) is 0 Å². The van der Waals surface area contributed by atoms with Gasteiger partial charge in [0.05, 0.1) is 0 Å². The Labute approximate surface area is 97.7 Å². The van der Waals surface area contributed by atoms with Gasteiger partial charge in [-0.15, -0.1) is 0 Å². The first-order valence-corrected chi connectivity index (χ1v) is 6.06. The molecule has 1 aromatic carbocycles. The summed E-state index contributed by atoms with van der Waals surface area (Å²) in [6, 6.07) is 10.9. The Morgan fingerprint density at radius 2 is 1.88 bits per heavy atom. The molecule has 0 saturated heterocycles. The SMILES string of the molecule is Cc1cc[n+](CCC(C)C)c2ccccc12. The summed E-state index contributed by atoms with van der Waals surface area (Å²) in [7, 11) is 0. The standard InChI is InChI=1S/C15H20N/c1-12(2)8-10-16-11-9-13(3)14-6-4-5-7-15(14)16/h4-7,9,11-12H,8,10H2,1-3H3/q+1. The number of hydrogen-bond donors (Lipinski definition) is 0. The minimum absolute atomic E-state index is 0.757. The van der Waals surface area contributed by atoms with Crippen LogP contribution < -0.4 is 4.57 Å². The first-order chi connectivity index (χ1) is 7.68. The largest absolute Gasteiger partial charge is 0.212 e. The quantitative estimate of drug-likeness (QED) is 0.689. The van der Waals surface area contributed by atoms with E-state index in [9.17, 15) is 0 Å². The van der Waals surface area contributed by atoms with Crippen LogP contribution in [0.3, 0.4) is 0 Å². The van der Waals surface area contributed by atoms with Crippen LogP contribution in [0.2, 0.25) is 0 Å². The summed E-state index contributed by atoms with van der Waals surface area (Å²) in [4.78, 5) is 0. The average molecular weight is 214 g/mol. The van der Waals surface area contributed by atoms with Crippen LogP contribution in [0.25, 0.3) is 10.9 Å². The van der Waals surface area contributed by atoms with Crippen LogP contribution in [-0.4, -0.2) is 0 Å². The molecule has 0 radical (unpaired) electrons. The molecular weight excluding hydrogens is 194 g/mol. The van der Waals surface area contributed by atoms with Gasteiger partial charge < -0.3 is 0 Å². The minimum Gasteiger partial charge on any atom is -0.198 e. The fourth-order valence-corrected chi connectivity index (χ4v) is 2.02. The fourth-order valence-electron chi connectivity index (χ4n) is 2.02. The molecule has 0 aliphatic rings. The van der Waals surface area contributed by atoms with E-state index in [2.05, 4.69) is 61.9 Å². The molecule has 1 heterocycles. The maximum Gasteiger partial charge on any atom is 0.212 e. The van der Waals surface area contributed by atoms with E-state index in [-0.39, 0.29) is 0 Å². The minimum atomic E-state index is 0.757. The van der Waals surface area contributed by atoms with Gasteiger partial charge in [0.25, 0.3) is 0 Å². The molecule has 0 aliphatic heterocycles. The van der Waals surface area contributed by atoms with Gasteiger partial charge in [-0.3, -0.25) is 0 Å². The van der Waals surface area contributed by atoms with Gasteiger partial charge in [0, 0.05) is 23.9 Å². The molecule has 2 rings (SSSR count). The zero-order chi connectivity index (χ0) is 11.5. The topological polar surface area (TPSA) is 3.88 Å². The summed E-state index contributed by atoms with van der Waals surface area (Å²) in [6.07, 6.45) is 3.44. The molecule has 0 N–H and O–H groups in total. The van der Waals surface area contributed by atoms with Crippen molar-refractivity contribution in [1.29, 1.82) is 0 Å². The number of para-hydroxylation sites is 1. The average Bonchev–Trinajstić information content (AvgIpc) is 2.28. The highest BCUT2D eigenvalue weighted by Crippen LogP contribution is 2.14. The van der Waals surface area contributed by atoms with E-state index >= 15 is 0 Å². The highest BCUT2D eigenvalue weighted by Gasteiger charge is 2.10. The van der Waals surface area contributed by atoms with Gasteiger partial charge in [0.2, 0.25) is 5.52 Å². The van der Waals surface area contributed by atoms with Crippen molar-refractivity contribution in [3.63, 3.8) is 0 Å². The molecule has 0 saturated carbocycles. The Hall–Kier alpha value is -1.37. The molecule has 0 aliphatic carbocycles. The molecule has 1 heteroatoms. The van der Waals surface area contributed by atoms with Crippen molar-refractivity contribution in [2.24, 2.45) is 5.92 Å². The highest BCUT2D eigenvalue weighted by atomic mass is 14.9. The predicted octanol–water partition coefficient (Wildman–Crippen LogP) is 3.48. The third-order valence-electron chi connectivity index (χ3n) is 3.09. The first-order valence-electron chi connectivity index (χ1n) is 6.06. The lowest BCUT2D eigenvalue weighted by Crippen LogP contribution is -2.34. The summed E-state index contributed by atoms with van der Waals surface area (Å²) >= 11 is 0. The Morgan fingerprint density at radius 3 is 2.62 bits per heavy atom. The second-order valence-corrected chi connectivity index (χ2v) is 4.89. The zero-order valence-electron chi connectivity index (χ0n) is 10.4. The van der Waals surface area contributed by atoms with Gasteiger partial charge in [0.15, 0.2) is 6.20 Å². The number of fused-ring (bicyclic) bond motifs is 1. The summed E-state index contributed by atoms with van der Waals surface area (Å²) in [6.45, 7) is 7.83. The zero-order valence-corrected chi connectivity index (χ0v) is 10.4. The van der Waals surface area contributed by atoms with Crippen molar-refractivity contribution in [1.82, 2.24) is 0 Å². The van der Waals surface area contributed by atoms with Crippen molar-refractivity contribution in [3.8, 4) is 0 Å². The van der Waals surface area contributed by atoms with Gasteiger partial charge >= 0.3 is 0 Å². The van der Waals surface area contributed by atoms with E-state index in [1.807, 2.05) is 0 Å². The number of hydrogen-bond acceptors (Lipinski definition) is 0. The fraction of sp³-hybridized carbons (Fsp3) is 0.400. The van der Waals surface area contributed by atoms with Crippen LogP contribution in [-0.2, 0) is 6.54 Å². The molecule has 1 aromatic heterocycles. The number of rotatable bonds is 3. The Morgan fingerprint density at radius 1 is 1.12 bits per heavy atom. The van der Waals surface area contributed by atoms with E-state index < -0.39 is 0 Å². The molecule has 2 aromatic rings. The van der Waals surface area contributed by atoms with Gasteiger partial charge in [-0.25, -0.2) is 0 Å². The molecule has 0 atom stereocenters. The number of aryl methyl sites for hydroxylation is 2.